The highest BCUT2D eigenvalue weighted by Crippen LogP contribution is 2.37. The van der Waals surface area contributed by atoms with Gasteiger partial charge in [-0.25, -0.2) is 0 Å². The van der Waals surface area contributed by atoms with E-state index in [0.717, 1.165) is 17.7 Å². The number of aryl methyl sites for hydroxylation is 1. The largest absolute Gasteiger partial charge is 0.505 e. The van der Waals surface area contributed by atoms with E-state index in [1.54, 1.807) is 19.1 Å². The van der Waals surface area contributed by atoms with Gasteiger partial charge >= 0.3 is 6.18 Å². The number of nitrogens with two attached hydrogens (primary N) is 1. The summed E-state index contributed by atoms with van der Waals surface area (Å²) in [5, 5.41) is 9.86. The number of benzene rings is 2. The van der Waals surface area contributed by atoms with Gasteiger partial charge in [0.15, 0.2) is 0 Å². The highest BCUT2D eigenvalue weighted by Gasteiger charge is 2.30. The Balaban J connectivity index is 2.60. The molecule has 0 atom stereocenters. The third-order valence-electron chi connectivity index (χ3n) is 2.78. The molecule has 0 unspecified atom stereocenters. The van der Waals surface area contributed by atoms with Crippen LogP contribution in [0.25, 0.3) is 11.1 Å². The fourth-order valence-corrected chi connectivity index (χ4v) is 1.89. The van der Waals surface area contributed by atoms with Crippen molar-refractivity contribution < 1.29 is 18.3 Å². The molecule has 5 heteroatoms. The number of alkyl halides is 3. The van der Waals surface area contributed by atoms with E-state index in [1.807, 2.05) is 0 Å². The van der Waals surface area contributed by atoms with E-state index in [2.05, 4.69) is 0 Å². The van der Waals surface area contributed by atoms with Gasteiger partial charge in [-0.15, -0.1) is 0 Å². The number of rotatable bonds is 1. The van der Waals surface area contributed by atoms with Gasteiger partial charge < -0.3 is 10.8 Å². The van der Waals surface area contributed by atoms with Crippen molar-refractivity contribution in [1.29, 1.82) is 0 Å². The molecule has 2 aromatic carbocycles. The highest BCUT2D eigenvalue weighted by molar-refractivity contribution is 5.78. The molecule has 0 aromatic heterocycles. The number of hydrogen-bond donors (Lipinski definition) is 2. The number of halogens is 3. The zero-order valence-corrected chi connectivity index (χ0v) is 10.1. The Hall–Kier alpha value is -2.17. The first kappa shape index (κ1) is 13.3. The zero-order valence-electron chi connectivity index (χ0n) is 10.1. The maximum atomic E-state index is 12.7. The average Bonchev–Trinajstić information content (AvgIpc) is 2.33. The molecular weight excluding hydrogens is 255 g/mol. The Kier molecular flexibility index (Phi) is 3.14. The van der Waals surface area contributed by atoms with Gasteiger partial charge in [-0.2, -0.15) is 13.2 Å². The van der Waals surface area contributed by atoms with Crippen LogP contribution in [-0.4, -0.2) is 5.11 Å². The Morgan fingerprint density at radius 3 is 2.42 bits per heavy atom. The Bertz CT molecular complexity index is 621. The van der Waals surface area contributed by atoms with Crippen LogP contribution in [0.5, 0.6) is 5.75 Å². The monoisotopic (exact) mass is 267 g/mol. The quantitative estimate of drug-likeness (QED) is 0.606. The Labute approximate surface area is 108 Å². The first-order valence-electron chi connectivity index (χ1n) is 5.56. The molecule has 0 heterocycles. The maximum Gasteiger partial charge on any atom is 0.416 e. The molecule has 0 aliphatic carbocycles. The molecule has 0 spiro atoms. The summed E-state index contributed by atoms with van der Waals surface area (Å²) in [6.45, 7) is 1.76. The van der Waals surface area contributed by atoms with Crippen LogP contribution in [0.3, 0.4) is 0 Å². The standard InChI is InChI=1S/C14H12F3NO/c1-8-5-11(13(19)12(18)6-8)9-3-2-4-10(7-9)14(15,16)17/h2-7,19H,18H2,1H3. The lowest BCUT2D eigenvalue weighted by Crippen LogP contribution is -2.04. The second kappa shape index (κ2) is 4.50. The first-order chi connectivity index (χ1) is 8.79. The van der Waals surface area contributed by atoms with Crippen LogP contribution in [0.15, 0.2) is 36.4 Å². The SMILES string of the molecule is Cc1cc(N)c(O)c(-c2cccc(C(F)(F)F)c2)c1. The second-order valence-electron chi connectivity index (χ2n) is 4.33. The molecule has 0 aliphatic heterocycles. The van der Waals surface area contributed by atoms with E-state index in [-0.39, 0.29) is 17.0 Å². The number of anilines is 1. The summed E-state index contributed by atoms with van der Waals surface area (Å²) in [6, 6.07) is 7.94. The van der Waals surface area contributed by atoms with Crippen molar-refractivity contribution in [3.63, 3.8) is 0 Å². The van der Waals surface area contributed by atoms with Gasteiger partial charge in [0, 0.05) is 5.56 Å². The van der Waals surface area contributed by atoms with E-state index < -0.39 is 11.7 Å². The Morgan fingerprint density at radius 2 is 1.79 bits per heavy atom. The predicted octanol–water partition coefficient (Wildman–Crippen LogP) is 3.97. The smallest absolute Gasteiger partial charge is 0.416 e. The van der Waals surface area contributed by atoms with Crippen molar-refractivity contribution in [3.05, 3.63) is 47.5 Å². The number of phenols is 1. The molecule has 0 aliphatic rings. The van der Waals surface area contributed by atoms with E-state index in [0.29, 0.717) is 5.56 Å². The molecule has 19 heavy (non-hydrogen) atoms. The number of phenolic OH excluding ortho intramolecular Hbond substituents is 1. The van der Waals surface area contributed by atoms with Gasteiger partial charge in [-0.05, 0) is 42.3 Å². The summed E-state index contributed by atoms with van der Waals surface area (Å²) in [5.74, 6) is -0.204. The fourth-order valence-electron chi connectivity index (χ4n) is 1.89. The number of aromatic hydroxyl groups is 1. The zero-order chi connectivity index (χ0) is 14.2. The normalized spacial score (nSPS) is 11.6. The maximum absolute atomic E-state index is 12.7. The van der Waals surface area contributed by atoms with E-state index in [1.165, 1.54) is 12.1 Å². The minimum Gasteiger partial charge on any atom is -0.505 e. The third-order valence-corrected chi connectivity index (χ3v) is 2.78. The molecule has 100 valence electrons. The van der Waals surface area contributed by atoms with Gasteiger partial charge in [0.25, 0.3) is 0 Å². The van der Waals surface area contributed by atoms with Crippen molar-refractivity contribution in [3.8, 4) is 16.9 Å². The molecule has 2 nitrogen and oxygen atoms in total. The molecule has 0 amide bonds. The van der Waals surface area contributed by atoms with Crippen molar-refractivity contribution in [2.45, 2.75) is 13.1 Å². The molecule has 2 aromatic rings. The average molecular weight is 267 g/mol. The van der Waals surface area contributed by atoms with E-state index in [9.17, 15) is 18.3 Å². The van der Waals surface area contributed by atoms with Gasteiger partial charge in [0.2, 0.25) is 0 Å². The van der Waals surface area contributed by atoms with Gasteiger partial charge in [0.1, 0.15) is 5.75 Å². The summed E-state index contributed by atoms with van der Waals surface area (Å²) < 4.78 is 38.0. The van der Waals surface area contributed by atoms with Crippen LogP contribution in [0.2, 0.25) is 0 Å². The molecule has 0 saturated heterocycles. The van der Waals surface area contributed by atoms with Gasteiger partial charge in [-0.1, -0.05) is 12.1 Å². The molecule has 0 fully saturated rings. The summed E-state index contributed by atoms with van der Waals surface area (Å²) in [4.78, 5) is 0. The molecular formula is C14H12F3NO. The summed E-state index contributed by atoms with van der Waals surface area (Å²) in [7, 11) is 0. The molecule has 3 N–H and O–H groups in total. The van der Waals surface area contributed by atoms with Crippen molar-refractivity contribution in [1.82, 2.24) is 0 Å². The fraction of sp³-hybridized carbons (Fsp3) is 0.143. The lowest BCUT2D eigenvalue weighted by atomic mass is 9.99. The lowest BCUT2D eigenvalue weighted by molar-refractivity contribution is -0.137. The predicted molar refractivity (Wildman–Crippen MR) is 67.7 cm³/mol. The second-order valence-corrected chi connectivity index (χ2v) is 4.33. The highest BCUT2D eigenvalue weighted by atomic mass is 19.4. The lowest BCUT2D eigenvalue weighted by Gasteiger charge is -2.12. The topological polar surface area (TPSA) is 46.2 Å². The number of nitrogen functional groups attached to an aromatic ring is 1. The Morgan fingerprint density at radius 1 is 1.11 bits per heavy atom. The van der Waals surface area contributed by atoms with Crippen molar-refractivity contribution in [2.24, 2.45) is 0 Å². The van der Waals surface area contributed by atoms with Crippen LogP contribution in [0.4, 0.5) is 18.9 Å². The van der Waals surface area contributed by atoms with E-state index >= 15 is 0 Å². The molecule has 2 rings (SSSR count). The minimum atomic E-state index is -4.42. The minimum absolute atomic E-state index is 0.146. The summed E-state index contributed by atoms with van der Waals surface area (Å²) >= 11 is 0. The molecule has 0 radical (unpaired) electrons. The number of hydrogen-bond acceptors (Lipinski definition) is 2. The van der Waals surface area contributed by atoms with E-state index in [4.69, 9.17) is 5.73 Å². The van der Waals surface area contributed by atoms with Crippen molar-refractivity contribution >= 4 is 5.69 Å². The summed E-state index contributed by atoms with van der Waals surface area (Å²) in [6.07, 6.45) is -4.42. The van der Waals surface area contributed by atoms with Crippen LogP contribution >= 0.6 is 0 Å². The van der Waals surface area contributed by atoms with Crippen LogP contribution in [-0.2, 0) is 6.18 Å². The third kappa shape index (κ3) is 2.65. The van der Waals surface area contributed by atoms with Crippen LogP contribution < -0.4 is 5.73 Å². The van der Waals surface area contributed by atoms with Gasteiger partial charge in [-0.3, -0.25) is 0 Å². The molecule has 0 saturated carbocycles. The summed E-state index contributed by atoms with van der Waals surface area (Å²) in [5.41, 5.74) is 6.34. The first-order valence-corrected chi connectivity index (χ1v) is 5.56. The molecule has 0 bridgehead atoms. The van der Waals surface area contributed by atoms with Crippen LogP contribution in [0.1, 0.15) is 11.1 Å². The van der Waals surface area contributed by atoms with Crippen molar-refractivity contribution in [2.75, 3.05) is 5.73 Å². The van der Waals surface area contributed by atoms with Gasteiger partial charge in [0.05, 0.1) is 11.3 Å². The van der Waals surface area contributed by atoms with Crippen LogP contribution in [0, 0.1) is 6.92 Å².